The van der Waals surface area contributed by atoms with Crippen LogP contribution in [0.1, 0.15) is 23.0 Å². The Morgan fingerprint density at radius 3 is 2.38 bits per heavy atom. The second kappa shape index (κ2) is 11.7. The molecule has 21 heteroatoms. The zero-order valence-electron chi connectivity index (χ0n) is 18.4. The predicted molar refractivity (Wildman–Crippen MR) is 120 cm³/mol. The molecule has 5 atom stereocenters. The molecule has 1 fully saturated rings. The van der Waals surface area contributed by atoms with Gasteiger partial charge in [0.1, 0.15) is 24.3 Å². The second-order valence-corrected chi connectivity index (χ2v) is 11.7. The third-order valence-corrected chi connectivity index (χ3v) is 8.39. The normalized spacial score (nSPS) is 23.2. The first-order valence-electron chi connectivity index (χ1n) is 9.93. The molecule has 2 aromatic rings. The summed E-state index contributed by atoms with van der Waals surface area (Å²) in [5.74, 6) is 4.67. The molecule has 7 N–H and O–H groups in total. The summed E-state index contributed by atoms with van der Waals surface area (Å²) < 4.78 is 52.4. The molecule has 1 saturated heterocycles. The SMILES string of the molecule is NO[C@@H]1C[C@H](n2ccc(NC(=O)c3ccccc3)nc2=O)O[C@@H]1COP(=O)(O)OP(=O)(O)OP(=O)(O)O. The topological polar surface area (TPSA) is 268 Å². The number of hydrogen-bond donors (Lipinski definition) is 6. The van der Waals surface area contributed by atoms with Crippen molar-refractivity contribution >= 4 is 35.2 Å². The number of amides is 1. The van der Waals surface area contributed by atoms with Crippen LogP contribution in [0, 0.1) is 0 Å². The van der Waals surface area contributed by atoms with Crippen molar-refractivity contribution in [3.63, 3.8) is 0 Å². The van der Waals surface area contributed by atoms with Crippen molar-refractivity contribution in [3.05, 3.63) is 58.6 Å². The van der Waals surface area contributed by atoms with E-state index >= 15 is 0 Å². The highest BCUT2D eigenvalue weighted by Crippen LogP contribution is 2.66. The number of nitrogens with zero attached hydrogens (tertiary/aromatic N) is 2. The largest absolute Gasteiger partial charge is 0.490 e. The minimum atomic E-state index is -5.70. The molecule has 1 amide bonds. The monoisotopic (exact) mass is 586 g/mol. The van der Waals surface area contributed by atoms with Crippen molar-refractivity contribution in [3.8, 4) is 0 Å². The van der Waals surface area contributed by atoms with Crippen LogP contribution in [0.15, 0.2) is 47.4 Å². The maximum atomic E-state index is 12.5. The number of nitrogens with two attached hydrogens (primary N) is 1. The molecule has 1 aromatic heterocycles. The fourth-order valence-corrected chi connectivity index (χ4v) is 6.14. The maximum absolute atomic E-state index is 12.5. The van der Waals surface area contributed by atoms with Gasteiger partial charge in [-0.05, 0) is 18.2 Å². The molecule has 1 aliphatic rings. The lowest BCUT2D eigenvalue weighted by atomic mass is 10.2. The van der Waals surface area contributed by atoms with E-state index in [9.17, 15) is 33.1 Å². The highest BCUT2D eigenvalue weighted by atomic mass is 31.3. The Bertz CT molecular complexity index is 1320. The summed E-state index contributed by atoms with van der Waals surface area (Å²) in [4.78, 5) is 69.1. The van der Waals surface area contributed by atoms with Gasteiger partial charge in [-0.3, -0.25) is 18.7 Å². The Morgan fingerprint density at radius 2 is 1.78 bits per heavy atom. The summed E-state index contributed by atoms with van der Waals surface area (Å²) in [6, 6.07) is 9.51. The fraction of sp³-hybridized carbons (Fsp3) is 0.312. The Kier molecular flexibility index (Phi) is 9.32. The van der Waals surface area contributed by atoms with Gasteiger partial charge in [-0.2, -0.15) is 13.6 Å². The number of benzene rings is 1. The van der Waals surface area contributed by atoms with Crippen LogP contribution in [0.3, 0.4) is 0 Å². The predicted octanol–water partition coefficient (Wildman–Crippen LogP) is 0.385. The van der Waals surface area contributed by atoms with Crippen molar-refractivity contribution < 1.29 is 60.8 Å². The molecule has 37 heavy (non-hydrogen) atoms. The van der Waals surface area contributed by atoms with Crippen molar-refractivity contribution in [1.29, 1.82) is 0 Å². The molecule has 0 radical (unpaired) electrons. The molecule has 204 valence electrons. The summed E-state index contributed by atoms with van der Waals surface area (Å²) >= 11 is 0. The smallest absolute Gasteiger partial charge is 0.349 e. The van der Waals surface area contributed by atoms with Crippen LogP contribution in [0.25, 0.3) is 0 Å². The van der Waals surface area contributed by atoms with Gasteiger partial charge >= 0.3 is 29.2 Å². The number of phosphoric ester groups is 1. The highest BCUT2D eigenvalue weighted by Gasteiger charge is 2.43. The number of carbonyl (C=O) groups is 1. The van der Waals surface area contributed by atoms with Crippen LogP contribution in [0.2, 0.25) is 0 Å². The first-order valence-corrected chi connectivity index (χ1v) is 14.4. The zero-order valence-corrected chi connectivity index (χ0v) is 21.1. The molecule has 3 rings (SSSR count). The van der Waals surface area contributed by atoms with Gasteiger partial charge in [0.15, 0.2) is 0 Å². The van der Waals surface area contributed by atoms with Crippen LogP contribution in [-0.4, -0.2) is 53.8 Å². The van der Waals surface area contributed by atoms with Crippen LogP contribution in [-0.2, 0) is 36.4 Å². The van der Waals surface area contributed by atoms with E-state index in [4.69, 9.17) is 25.3 Å². The average molecular weight is 586 g/mol. The van der Waals surface area contributed by atoms with Crippen LogP contribution < -0.4 is 16.9 Å². The molecule has 0 bridgehead atoms. The Hall–Kier alpha value is -2.14. The van der Waals surface area contributed by atoms with E-state index in [1.807, 2.05) is 0 Å². The molecule has 0 saturated carbocycles. The first kappa shape index (κ1) is 29.4. The van der Waals surface area contributed by atoms with Gasteiger partial charge in [0.05, 0.1) is 6.61 Å². The fourth-order valence-electron chi connectivity index (χ4n) is 3.11. The Labute approximate surface area is 207 Å². The van der Waals surface area contributed by atoms with Gasteiger partial charge in [-0.15, -0.1) is 0 Å². The molecule has 0 spiro atoms. The number of ether oxygens (including phenoxy) is 1. The standard InChI is InChI=1S/C16H21N4O14P3/c17-32-11-8-14(31-12(11)9-30-36(26,27)34-37(28,29)33-35(23,24)25)20-7-6-13(19-16(20)22)18-15(21)10-4-2-1-3-5-10/h1-7,11-12,14H,8-9,17H2,(H,26,27)(H,28,29)(H2,23,24,25)(H,18,19,21,22)/t11-,12-,14-/m1/s1. The van der Waals surface area contributed by atoms with Crippen LogP contribution in [0.4, 0.5) is 5.82 Å². The number of nitrogens with one attached hydrogen (secondary N) is 1. The molecule has 18 nitrogen and oxygen atoms in total. The third-order valence-electron chi connectivity index (χ3n) is 4.59. The molecule has 2 heterocycles. The summed E-state index contributed by atoms with van der Waals surface area (Å²) in [7, 11) is -16.7. The van der Waals surface area contributed by atoms with E-state index in [-0.39, 0.29) is 12.2 Å². The minimum absolute atomic E-state index is 0.0380. The number of rotatable bonds is 11. The number of carbonyl (C=O) groups excluding carboxylic acids is 1. The Balaban J connectivity index is 1.63. The van der Waals surface area contributed by atoms with Crippen molar-refractivity contribution in [2.24, 2.45) is 5.90 Å². The average Bonchev–Trinajstić information content (AvgIpc) is 3.19. The lowest BCUT2D eigenvalue weighted by Gasteiger charge is -2.20. The second-order valence-electron chi connectivity index (χ2n) is 7.25. The lowest BCUT2D eigenvalue weighted by Crippen LogP contribution is -2.31. The minimum Gasteiger partial charge on any atom is -0.349 e. The van der Waals surface area contributed by atoms with Gasteiger partial charge in [-0.25, -0.2) is 24.4 Å². The molecular weight excluding hydrogens is 565 g/mol. The molecular formula is C16H21N4O14P3. The van der Waals surface area contributed by atoms with Gasteiger partial charge in [0, 0.05) is 18.2 Å². The summed E-state index contributed by atoms with van der Waals surface area (Å²) in [5, 5.41) is 2.47. The van der Waals surface area contributed by atoms with E-state index in [1.165, 1.54) is 12.3 Å². The van der Waals surface area contributed by atoms with Gasteiger partial charge in [0.2, 0.25) is 0 Å². The molecule has 2 unspecified atom stereocenters. The van der Waals surface area contributed by atoms with Crippen molar-refractivity contribution in [2.75, 3.05) is 11.9 Å². The van der Waals surface area contributed by atoms with E-state index in [1.54, 1.807) is 30.3 Å². The van der Waals surface area contributed by atoms with E-state index in [2.05, 4.69) is 23.4 Å². The zero-order chi connectivity index (χ0) is 27.4. The van der Waals surface area contributed by atoms with Crippen molar-refractivity contribution in [1.82, 2.24) is 9.55 Å². The van der Waals surface area contributed by atoms with Gasteiger partial charge in [-0.1, -0.05) is 18.2 Å². The van der Waals surface area contributed by atoms with Gasteiger partial charge in [0.25, 0.3) is 5.91 Å². The highest BCUT2D eigenvalue weighted by molar-refractivity contribution is 7.66. The number of aromatic nitrogens is 2. The molecule has 1 aromatic carbocycles. The quantitative estimate of drug-likeness (QED) is 0.153. The van der Waals surface area contributed by atoms with Gasteiger partial charge < -0.3 is 29.6 Å². The number of anilines is 1. The third kappa shape index (κ3) is 8.70. The molecule has 0 aliphatic carbocycles. The summed E-state index contributed by atoms with van der Waals surface area (Å²) in [6.45, 7) is -0.838. The summed E-state index contributed by atoms with van der Waals surface area (Å²) in [5.41, 5.74) is -0.491. The van der Waals surface area contributed by atoms with Crippen LogP contribution in [0.5, 0.6) is 0 Å². The summed E-state index contributed by atoms with van der Waals surface area (Å²) in [6.07, 6.45) is -2.09. The Morgan fingerprint density at radius 1 is 1.11 bits per heavy atom. The maximum Gasteiger partial charge on any atom is 0.490 e. The van der Waals surface area contributed by atoms with E-state index < -0.39 is 60.1 Å². The van der Waals surface area contributed by atoms with E-state index in [0.717, 1.165) is 4.57 Å². The van der Waals surface area contributed by atoms with E-state index in [0.29, 0.717) is 5.56 Å². The first-order chi connectivity index (χ1) is 17.2. The van der Waals surface area contributed by atoms with Crippen molar-refractivity contribution in [2.45, 2.75) is 24.9 Å². The number of hydrogen-bond acceptors (Lipinski definition) is 12. The van der Waals surface area contributed by atoms with Crippen LogP contribution >= 0.6 is 23.5 Å². The number of phosphoric acid groups is 3. The lowest BCUT2D eigenvalue weighted by molar-refractivity contribution is -0.0618. The molecule has 1 aliphatic heterocycles.